The molecule has 0 fully saturated rings. The highest BCUT2D eigenvalue weighted by Crippen LogP contribution is 2.45. The molecule has 0 radical (unpaired) electrons. The van der Waals surface area contributed by atoms with E-state index in [0.29, 0.717) is 32.1 Å². The third-order valence-corrected chi connectivity index (χ3v) is 18.9. The molecule has 17 nitrogen and oxygen atoms in total. The van der Waals surface area contributed by atoms with Gasteiger partial charge in [-0.25, -0.2) is 9.13 Å². The van der Waals surface area contributed by atoms with E-state index >= 15 is 0 Å². The van der Waals surface area contributed by atoms with Crippen LogP contribution in [0.15, 0.2) is 97.2 Å². The Morgan fingerprint density at radius 1 is 0.275 bits per heavy atom. The number of esters is 4. The minimum Gasteiger partial charge on any atom is -0.462 e. The molecule has 0 saturated heterocycles. The molecule has 0 aromatic heterocycles. The van der Waals surface area contributed by atoms with Gasteiger partial charge in [0.15, 0.2) is 12.2 Å². The molecule has 3 N–H and O–H groups in total. The number of phosphoric acid groups is 2. The fraction of sp³-hybridized carbons (Fsp3) is 0.759. The second kappa shape index (κ2) is 75.2. The van der Waals surface area contributed by atoms with Crippen LogP contribution in [0.2, 0.25) is 0 Å². The molecular weight excluding hydrogens is 1330 g/mol. The van der Waals surface area contributed by atoms with Crippen LogP contribution in [0.25, 0.3) is 0 Å². The molecule has 0 aliphatic rings. The zero-order valence-corrected chi connectivity index (χ0v) is 66.3. The van der Waals surface area contributed by atoms with Gasteiger partial charge in [-0.2, -0.15) is 0 Å². The summed E-state index contributed by atoms with van der Waals surface area (Å²) < 4.78 is 68.6. The zero-order chi connectivity index (χ0) is 74.6. The average Bonchev–Trinajstić information content (AvgIpc) is 0.923. The van der Waals surface area contributed by atoms with Crippen molar-refractivity contribution in [3.8, 4) is 0 Å². The SMILES string of the molecule is CCCCC/C=C\C/C=C\C/C=C\C/C=C\CCCC(=O)OC[C@H](COP(=O)(O)OC[C@@H](O)COP(=O)(O)OC[C@@H](COC(=O)CCCCCCCCC/C=C\CCCCCC)OC(=O)CCCCCCCCC/C=C\CCCCCC)OC(=O)CCCCCCC/C=C\C/C=C\CCCCC. The summed E-state index contributed by atoms with van der Waals surface area (Å²) in [5.41, 5.74) is 0. The normalized spacial score (nSPS) is 14.4. The molecule has 0 bridgehead atoms. The van der Waals surface area contributed by atoms with Gasteiger partial charge in [0.1, 0.15) is 19.3 Å². The van der Waals surface area contributed by atoms with E-state index in [2.05, 4.69) is 113 Å². The Morgan fingerprint density at radius 3 is 0.804 bits per heavy atom. The second-order valence-electron chi connectivity index (χ2n) is 27.0. The van der Waals surface area contributed by atoms with Gasteiger partial charge in [-0.1, -0.05) is 273 Å². The number of hydrogen-bond acceptors (Lipinski definition) is 15. The van der Waals surface area contributed by atoms with Crippen molar-refractivity contribution in [3.63, 3.8) is 0 Å². The Bertz CT molecular complexity index is 2310. The van der Waals surface area contributed by atoms with E-state index < -0.39 is 97.5 Å². The highest BCUT2D eigenvalue weighted by Gasteiger charge is 2.30. The number of phosphoric ester groups is 2. The van der Waals surface area contributed by atoms with Crippen LogP contribution >= 0.6 is 15.6 Å². The third-order valence-electron chi connectivity index (χ3n) is 17.0. The predicted octanol–water partition coefficient (Wildman–Crippen LogP) is 23.6. The maximum atomic E-state index is 13.1. The van der Waals surface area contributed by atoms with Crippen LogP contribution in [0.5, 0.6) is 0 Å². The standard InChI is InChI=1S/C83H146O17P2/c1-5-9-13-17-21-25-29-33-37-38-42-44-48-52-56-60-64-68-81(86)94-74-79(100-83(88)70-66-62-58-54-50-46-41-36-32-28-24-20-16-12-8-4)76-98-102(91,92)96-72-77(84)71-95-101(89,90)97-75-78(99-82(87)69-65-61-57-53-49-45-40-35-31-27-23-19-15-11-7-3)73-93-80(85)67-63-59-55-51-47-43-39-34-30-26-22-18-14-10-6-2/h21,24-28,30-31,33,36-37,41-42,44,52,56,77-79,84H,5-20,22-23,29,32,34-35,38-40,43,45-51,53-55,57-76H2,1-4H3,(H,89,90)(H,91,92)/b25-21-,28-24-,30-26-,31-27-,37-33-,41-36-,44-42-,56-52-/t77-,78+,79+/m0/s1. The Balaban J connectivity index is 5.41. The molecule has 5 atom stereocenters. The Labute approximate surface area is 620 Å². The van der Waals surface area contributed by atoms with Crippen molar-refractivity contribution < 1.29 is 80.2 Å². The third kappa shape index (κ3) is 74.3. The fourth-order valence-electron chi connectivity index (χ4n) is 10.8. The smallest absolute Gasteiger partial charge is 0.462 e. The zero-order valence-electron chi connectivity index (χ0n) is 64.5. The summed E-state index contributed by atoms with van der Waals surface area (Å²) in [5, 5.41) is 10.6. The van der Waals surface area contributed by atoms with Crippen LogP contribution in [-0.2, 0) is 65.4 Å². The largest absolute Gasteiger partial charge is 0.472 e. The number of hydrogen-bond donors (Lipinski definition) is 3. The molecule has 19 heteroatoms. The van der Waals surface area contributed by atoms with Gasteiger partial charge in [-0.3, -0.25) is 37.3 Å². The lowest BCUT2D eigenvalue weighted by atomic mass is 10.1. The lowest BCUT2D eigenvalue weighted by molar-refractivity contribution is -0.161. The Morgan fingerprint density at radius 2 is 0.490 bits per heavy atom. The Kier molecular flexibility index (Phi) is 72.3. The molecule has 0 aromatic rings. The van der Waals surface area contributed by atoms with Gasteiger partial charge < -0.3 is 33.8 Å². The quantitative estimate of drug-likeness (QED) is 0.0169. The first kappa shape index (κ1) is 98.0. The first-order valence-electron chi connectivity index (χ1n) is 40.5. The molecule has 0 spiro atoms. The number of allylic oxidation sites excluding steroid dienone is 16. The van der Waals surface area contributed by atoms with E-state index in [0.717, 1.165) is 161 Å². The molecule has 2 unspecified atom stereocenters. The molecule has 0 aliphatic heterocycles. The monoisotopic (exact) mass is 1480 g/mol. The molecule has 0 amide bonds. The molecule has 0 aromatic carbocycles. The number of ether oxygens (including phenoxy) is 4. The molecule has 0 heterocycles. The lowest BCUT2D eigenvalue weighted by Crippen LogP contribution is -2.30. The van der Waals surface area contributed by atoms with E-state index in [4.69, 9.17) is 37.0 Å². The molecular formula is C83H146O17P2. The number of rotatable bonds is 76. The van der Waals surface area contributed by atoms with Crippen LogP contribution in [0.1, 0.15) is 349 Å². The molecule has 0 saturated carbocycles. The van der Waals surface area contributed by atoms with Crippen molar-refractivity contribution in [2.24, 2.45) is 0 Å². The van der Waals surface area contributed by atoms with Gasteiger partial charge in [0, 0.05) is 25.7 Å². The number of aliphatic hydroxyl groups excluding tert-OH is 1. The van der Waals surface area contributed by atoms with Crippen LogP contribution in [-0.4, -0.2) is 96.7 Å². The maximum absolute atomic E-state index is 13.1. The van der Waals surface area contributed by atoms with Gasteiger partial charge in [0.2, 0.25) is 0 Å². The maximum Gasteiger partial charge on any atom is 0.472 e. The molecule has 590 valence electrons. The van der Waals surface area contributed by atoms with Crippen molar-refractivity contribution in [1.82, 2.24) is 0 Å². The first-order valence-corrected chi connectivity index (χ1v) is 43.5. The minimum absolute atomic E-state index is 0.0674. The van der Waals surface area contributed by atoms with Crippen molar-refractivity contribution in [2.45, 2.75) is 367 Å². The van der Waals surface area contributed by atoms with Crippen LogP contribution in [0.3, 0.4) is 0 Å². The summed E-state index contributed by atoms with van der Waals surface area (Å²) in [5.74, 6) is -2.25. The summed E-state index contributed by atoms with van der Waals surface area (Å²) in [7, 11) is -9.97. The highest BCUT2D eigenvalue weighted by atomic mass is 31.2. The van der Waals surface area contributed by atoms with Gasteiger partial charge in [-0.15, -0.1) is 0 Å². The molecule has 102 heavy (non-hydrogen) atoms. The summed E-state index contributed by atoms with van der Waals surface area (Å²) in [6.07, 6.45) is 79.5. The van der Waals surface area contributed by atoms with E-state index in [1.54, 1.807) is 0 Å². The summed E-state index contributed by atoms with van der Waals surface area (Å²) in [6.45, 7) is 4.75. The molecule has 0 aliphatic carbocycles. The van der Waals surface area contributed by atoms with Crippen molar-refractivity contribution >= 4 is 39.5 Å². The van der Waals surface area contributed by atoms with Crippen LogP contribution in [0.4, 0.5) is 0 Å². The van der Waals surface area contributed by atoms with E-state index in [9.17, 15) is 43.2 Å². The fourth-order valence-corrected chi connectivity index (χ4v) is 12.3. The minimum atomic E-state index is -4.99. The number of carbonyl (C=O) groups excluding carboxylic acids is 4. The van der Waals surface area contributed by atoms with Crippen LogP contribution in [0, 0.1) is 0 Å². The molecule has 0 rings (SSSR count). The topological polar surface area (TPSA) is 237 Å². The predicted molar refractivity (Wildman–Crippen MR) is 418 cm³/mol. The van der Waals surface area contributed by atoms with E-state index in [1.165, 1.54) is 103 Å². The summed E-state index contributed by atoms with van der Waals surface area (Å²) in [4.78, 5) is 73.0. The summed E-state index contributed by atoms with van der Waals surface area (Å²) in [6, 6.07) is 0. The highest BCUT2D eigenvalue weighted by molar-refractivity contribution is 7.47. The van der Waals surface area contributed by atoms with Gasteiger partial charge in [0.25, 0.3) is 0 Å². The van der Waals surface area contributed by atoms with Gasteiger partial charge >= 0.3 is 39.5 Å². The number of aliphatic hydroxyl groups is 1. The lowest BCUT2D eigenvalue weighted by Gasteiger charge is -2.21. The van der Waals surface area contributed by atoms with Crippen molar-refractivity contribution in [2.75, 3.05) is 39.6 Å². The van der Waals surface area contributed by atoms with E-state index in [-0.39, 0.29) is 25.7 Å². The first-order chi connectivity index (χ1) is 49.7. The summed E-state index contributed by atoms with van der Waals surface area (Å²) >= 11 is 0. The second-order valence-corrected chi connectivity index (χ2v) is 29.9. The van der Waals surface area contributed by atoms with Crippen molar-refractivity contribution in [3.05, 3.63) is 97.2 Å². The van der Waals surface area contributed by atoms with Crippen LogP contribution < -0.4 is 0 Å². The van der Waals surface area contributed by atoms with Gasteiger partial charge in [0.05, 0.1) is 26.4 Å². The van der Waals surface area contributed by atoms with E-state index in [1.807, 2.05) is 12.2 Å². The van der Waals surface area contributed by atoms with Crippen molar-refractivity contribution in [1.29, 1.82) is 0 Å². The van der Waals surface area contributed by atoms with Gasteiger partial charge in [-0.05, 0) is 148 Å². The Hall–Kier alpha value is -4.02. The number of carbonyl (C=O) groups is 4. The average molecular weight is 1480 g/mol. The number of unbranched alkanes of at least 4 members (excludes halogenated alkanes) is 34.